The quantitative estimate of drug-likeness (QED) is 0.756. The fraction of sp³-hybridized carbons (Fsp3) is 0.812. The van der Waals surface area contributed by atoms with Gasteiger partial charge < -0.3 is 10.1 Å². The Kier molecular flexibility index (Phi) is 6.69. The Labute approximate surface area is 123 Å². The van der Waals surface area contributed by atoms with E-state index in [4.69, 9.17) is 4.74 Å². The minimum Gasteiger partial charge on any atom is -0.377 e. The highest BCUT2D eigenvalue weighted by Gasteiger charge is 2.32. The van der Waals surface area contributed by atoms with Gasteiger partial charge in [0, 0.05) is 31.8 Å². The van der Waals surface area contributed by atoms with Crippen molar-refractivity contribution in [3.63, 3.8) is 0 Å². The summed E-state index contributed by atoms with van der Waals surface area (Å²) >= 11 is 0. The van der Waals surface area contributed by atoms with Crippen molar-refractivity contribution < 1.29 is 4.74 Å². The van der Waals surface area contributed by atoms with E-state index in [0.29, 0.717) is 6.04 Å². The van der Waals surface area contributed by atoms with E-state index in [2.05, 4.69) is 55.8 Å². The lowest BCUT2D eigenvalue weighted by molar-refractivity contribution is -0.0291. The van der Waals surface area contributed by atoms with Crippen molar-refractivity contribution in [1.82, 2.24) is 15.1 Å². The number of rotatable bonds is 9. The highest BCUT2D eigenvalue weighted by Crippen LogP contribution is 2.23. The Hall–Kier alpha value is -0.870. The Balaban J connectivity index is 2.93. The first-order valence-electron chi connectivity index (χ1n) is 7.82. The minimum absolute atomic E-state index is 0.147. The molecule has 116 valence electrons. The van der Waals surface area contributed by atoms with Gasteiger partial charge in [-0.2, -0.15) is 5.10 Å². The number of ether oxygens (including phenoxy) is 1. The van der Waals surface area contributed by atoms with Gasteiger partial charge in [-0.3, -0.25) is 4.68 Å². The summed E-state index contributed by atoms with van der Waals surface area (Å²) < 4.78 is 7.91. The lowest BCUT2D eigenvalue weighted by Crippen LogP contribution is -2.51. The van der Waals surface area contributed by atoms with Crippen LogP contribution in [-0.4, -0.2) is 35.1 Å². The zero-order valence-corrected chi connectivity index (χ0v) is 14.0. The summed E-state index contributed by atoms with van der Waals surface area (Å²) in [7, 11) is 1.81. The van der Waals surface area contributed by atoms with Gasteiger partial charge in [-0.05, 0) is 46.2 Å². The molecule has 0 fully saturated rings. The van der Waals surface area contributed by atoms with Crippen molar-refractivity contribution in [2.75, 3.05) is 13.7 Å². The molecule has 0 amide bonds. The Morgan fingerprint density at radius 3 is 2.60 bits per heavy atom. The number of methoxy groups -OCH3 is 1. The van der Waals surface area contributed by atoms with Gasteiger partial charge in [-0.25, -0.2) is 0 Å². The van der Waals surface area contributed by atoms with E-state index in [1.807, 2.05) is 7.11 Å². The van der Waals surface area contributed by atoms with Crippen molar-refractivity contribution in [2.45, 2.75) is 72.1 Å². The van der Waals surface area contributed by atoms with E-state index in [9.17, 15) is 0 Å². The molecule has 0 aliphatic carbocycles. The average molecular weight is 281 g/mol. The lowest BCUT2D eigenvalue weighted by atomic mass is 9.89. The van der Waals surface area contributed by atoms with E-state index in [0.717, 1.165) is 38.0 Å². The first-order valence-corrected chi connectivity index (χ1v) is 7.82. The molecule has 1 aromatic rings. The molecule has 2 unspecified atom stereocenters. The van der Waals surface area contributed by atoms with Crippen molar-refractivity contribution >= 4 is 0 Å². The zero-order chi connectivity index (χ0) is 15.2. The number of hydrogen-bond acceptors (Lipinski definition) is 3. The smallest absolute Gasteiger partial charge is 0.0804 e. The van der Waals surface area contributed by atoms with Crippen LogP contribution in [0.15, 0.2) is 6.07 Å². The number of aromatic nitrogens is 2. The standard InChI is InChI=1S/C16H31N3O/c1-7-10-17-15(16(5,8-2)20-6)12-14-11-13(4)18-19(14)9-3/h11,15,17H,7-10,12H2,1-6H3. The first-order chi connectivity index (χ1) is 9.50. The molecule has 1 heterocycles. The average Bonchev–Trinajstić information content (AvgIpc) is 2.82. The summed E-state index contributed by atoms with van der Waals surface area (Å²) in [6, 6.07) is 2.49. The molecule has 1 rings (SSSR count). The Morgan fingerprint density at radius 2 is 2.10 bits per heavy atom. The fourth-order valence-electron chi connectivity index (χ4n) is 2.60. The highest BCUT2D eigenvalue weighted by atomic mass is 16.5. The minimum atomic E-state index is -0.147. The third kappa shape index (κ3) is 4.06. The molecule has 1 N–H and O–H groups in total. The van der Waals surface area contributed by atoms with Crippen LogP contribution in [0, 0.1) is 6.92 Å². The summed E-state index contributed by atoms with van der Waals surface area (Å²) in [6.45, 7) is 12.7. The first kappa shape index (κ1) is 17.2. The lowest BCUT2D eigenvalue weighted by Gasteiger charge is -2.36. The molecule has 0 aromatic carbocycles. The second kappa shape index (κ2) is 7.79. The van der Waals surface area contributed by atoms with E-state index >= 15 is 0 Å². The van der Waals surface area contributed by atoms with Crippen molar-refractivity contribution in [2.24, 2.45) is 0 Å². The van der Waals surface area contributed by atoms with Crippen LogP contribution in [-0.2, 0) is 17.7 Å². The van der Waals surface area contributed by atoms with Crippen LogP contribution < -0.4 is 5.32 Å². The molecule has 0 bridgehead atoms. The van der Waals surface area contributed by atoms with E-state index in [1.165, 1.54) is 5.69 Å². The van der Waals surface area contributed by atoms with Crippen LogP contribution in [0.4, 0.5) is 0 Å². The summed E-state index contributed by atoms with van der Waals surface area (Å²) in [5, 5.41) is 8.20. The predicted molar refractivity (Wildman–Crippen MR) is 84.1 cm³/mol. The molecule has 0 spiro atoms. The molecular weight excluding hydrogens is 250 g/mol. The second-order valence-electron chi connectivity index (χ2n) is 5.67. The maximum absolute atomic E-state index is 5.81. The van der Waals surface area contributed by atoms with Gasteiger partial charge in [0.25, 0.3) is 0 Å². The van der Waals surface area contributed by atoms with Gasteiger partial charge >= 0.3 is 0 Å². The molecule has 0 saturated heterocycles. The number of hydrogen-bond donors (Lipinski definition) is 1. The van der Waals surface area contributed by atoms with Crippen LogP contribution in [0.2, 0.25) is 0 Å². The van der Waals surface area contributed by atoms with Crippen LogP contribution in [0.1, 0.15) is 51.9 Å². The molecule has 1 aromatic heterocycles. The van der Waals surface area contributed by atoms with E-state index in [1.54, 1.807) is 0 Å². The highest BCUT2D eigenvalue weighted by molar-refractivity contribution is 5.12. The topological polar surface area (TPSA) is 39.1 Å². The summed E-state index contributed by atoms with van der Waals surface area (Å²) in [5.74, 6) is 0. The van der Waals surface area contributed by atoms with Crippen molar-refractivity contribution in [3.8, 4) is 0 Å². The predicted octanol–water partition coefficient (Wildman–Crippen LogP) is 2.94. The van der Waals surface area contributed by atoms with Gasteiger partial charge in [0.2, 0.25) is 0 Å². The molecule has 0 aliphatic rings. The van der Waals surface area contributed by atoms with Crippen LogP contribution >= 0.6 is 0 Å². The Morgan fingerprint density at radius 1 is 1.40 bits per heavy atom. The van der Waals surface area contributed by atoms with Crippen LogP contribution in [0.3, 0.4) is 0 Å². The van der Waals surface area contributed by atoms with Crippen molar-refractivity contribution in [3.05, 3.63) is 17.5 Å². The maximum Gasteiger partial charge on any atom is 0.0804 e. The van der Waals surface area contributed by atoms with Gasteiger partial charge in [0.05, 0.1) is 11.3 Å². The SMILES string of the molecule is CCCNC(Cc1cc(C)nn1CC)C(C)(CC)OC. The normalized spacial score (nSPS) is 16.1. The fourth-order valence-corrected chi connectivity index (χ4v) is 2.60. The molecule has 20 heavy (non-hydrogen) atoms. The summed E-state index contributed by atoms with van der Waals surface area (Å²) in [5.41, 5.74) is 2.23. The number of aryl methyl sites for hydroxylation is 2. The largest absolute Gasteiger partial charge is 0.377 e. The molecule has 0 aliphatic heterocycles. The van der Waals surface area contributed by atoms with Gasteiger partial charge in [-0.15, -0.1) is 0 Å². The molecule has 4 nitrogen and oxygen atoms in total. The molecule has 4 heteroatoms. The maximum atomic E-state index is 5.81. The molecule has 0 saturated carbocycles. The number of nitrogens with one attached hydrogen (secondary N) is 1. The van der Waals surface area contributed by atoms with Crippen molar-refractivity contribution in [1.29, 1.82) is 0 Å². The second-order valence-corrected chi connectivity index (χ2v) is 5.67. The van der Waals surface area contributed by atoms with Crippen LogP contribution in [0.5, 0.6) is 0 Å². The van der Waals surface area contributed by atoms with E-state index < -0.39 is 0 Å². The van der Waals surface area contributed by atoms with Crippen LogP contribution in [0.25, 0.3) is 0 Å². The molecule has 0 radical (unpaired) electrons. The van der Waals surface area contributed by atoms with Gasteiger partial charge in [-0.1, -0.05) is 13.8 Å². The summed E-state index contributed by atoms with van der Waals surface area (Å²) in [6.07, 6.45) is 3.07. The van der Waals surface area contributed by atoms with Gasteiger partial charge in [0.15, 0.2) is 0 Å². The van der Waals surface area contributed by atoms with Gasteiger partial charge in [0.1, 0.15) is 0 Å². The zero-order valence-electron chi connectivity index (χ0n) is 14.0. The monoisotopic (exact) mass is 281 g/mol. The number of nitrogens with zero attached hydrogens (tertiary/aromatic N) is 2. The third-order valence-electron chi connectivity index (χ3n) is 4.24. The molecule has 2 atom stereocenters. The summed E-state index contributed by atoms with van der Waals surface area (Å²) in [4.78, 5) is 0. The van der Waals surface area contributed by atoms with E-state index in [-0.39, 0.29) is 5.60 Å². The third-order valence-corrected chi connectivity index (χ3v) is 4.24. The molecular formula is C16H31N3O. The Bertz CT molecular complexity index is 396.